The van der Waals surface area contributed by atoms with Gasteiger partial charge in [-0.3, -0.25) is 0 Å². The van der Waals surface area contributed by atoms with Gasteiger partial charge in [0.25, 0.3) is 0 Å². The Kier molecular flexibility index (Phi) is 6.93. The molecule has 1 nitrogen and oxygen atoms in total. The highest BCUT2D eigenvalue weighted by molar-refractivity contribution is 7.99. The summed E-state index contributed by atoms with van der Waals surface area (Å²) in [6, 6.07) is 4.68. The van der Waals surface area contributed by atoms with E-state index in [1.165, 1.54) is 12.1 Å². The van der Waals surface area contributed by atoms with Gasteiger partial charge >= 0.3 is 0 Å². The molecule has 0 aliphatic heterocycles. The third-order valence-electron chi connectivity index (χ3n) is 2.42. The maximum Gasteiger partial charge on any atom is 0.123 e. The lowest BCUT2D eigenvalue weighted by molar-refractivity contribution is 0.588. The Hall–Kier alpha value is -0.250. The SMILES string of the molecule is CCCSCC(NCC)c1cc(F)ccc1Cl. The van der Waals surface area contributed by atoms with Gasteiger partial charge in [-0.25, -0.2) is 4.39 Å². The van der Waals surface area contributed by atoms with Crippen LogP contribution in [-0.4, -0.2) is 18.1 Å². The minimum atomic E-state index is -0.229. The Morgan fingerprint density at radius 2 is 2.18 bits per heavy atom. The Bertz CT molecular complexity index is 346. The molecular weight excluding hydrogens is 257 g/mol. The van der Waals surface area contributed by atoms with Crippen LogP contribution in [0.4, 0.5) is 4.39 Å². The van der Waals surface area contributed by atoms with E-state index in [-0.39, 0.29) is 11.9 Å². The molecule has 17 heavy (non-hydrogen) atoms. The lowest BCUT2D eigenvalue weighted by Gasteiger charge is -2.19. The Morgan fingerprint density at radius 1 is 1.41 bits per heavy atom. The van der Waals surface area contributed by atoms with Crippen molar-refractivity contribution < 1.29 is 4.39 Å². The first-order valence-corrected chi connectivity index (χ1v) is 7.48. The number of thioether (sulfide) groups is 1. The Labute approximate surface area is 112 Å². The van der Waals surface area contributed by atoms with Gasteiger partial charge in [0.2, 0.25) is 0 Å². The van der Waals surface area contributed by atoms with Crippen molar-refractivity contribution in [1.82, 2.24) is 5.32 Å². The second kappa shape index (κ2) is 7.96. The fourth-order valence-electron chi connectivity index (χ4n) is 1.63. The fraction of sp³-hybridized carbons (Fsp3) is 0.538. The summed E-state index contributed by atoms with van der Waals surface area (Å²) in [4.78, 5) is 0. The van der Waals surface area contributed by atoms with Crippen LogP contribution in [0.5, 0.6) is 0 Å². The van der Waals surface area contributed by atoms with Gasteiger partial charge < -0.3 is 5.32 Å². The van der Waals surface area contributed by atoms with Crippen LogP contribution in [0.15, 0.2) is 18.2 Å². The maximum absolute atomic E-state index is 13.2. The van der Waals surface area contributed by atoms with E-state index in [2.05, 4.69) is 12.2 Å². The average Bonchev–Trinajstić information content (AvgIpc) is 2.32. The van der Waals surface area contributed by atoms with Gasteiger partial charge in [0, 0.05) is 16.8 Å². The number of hydrogen-bond acceptors (Lipinski definition) is 2. The summed E-state index contributed by atoms with van der Waals surface area (Å²) < 4.78 is 13.2. The van der Waals surface area contributed by atoms with Crippen molar-refractivity contribution in [2.24, 2.45) is 0 Å². The number of rotatable bonds is 7. The molecule has 1 aromatic rings. The van der Waals surface area contributed by atoms with Crippen molar-refractivity contribution in [3.05, 3.63) is 34.6 Å². The zero-order valence-electron chi connectivity index (χ0n) is 10.3. The van der Waals surface area contributed by atoms with E-state index in [4.69, 9.17) is 11.6 Å². The minimum absolute atomic E-state index is 0.125. The van der Waals surface area contributed by atoms with E-state index >= 15 is 0 Å². The van der Waals surface area contributed by atoms with Crippen LogP contribution in [0.3, 0.4) is 0 Å². The third-order valence-corrected chi connectivity index (χ3v) is 4.03. The molecule has 4 heteroatoms. The van der Waals surface area contributed by atoms with Gasteiger partial charge in [-0.15, -0.1) is 0 Å². The van der Waals surface area contributed by atoms with E-state index in [1.807, 2.05) is 18.7 Å². The second-order valence-electron chi connectivity index (χ2n) is 3.85. The molecule has 0 heterocycles. The molecule has 0 fully saturated rings. The minimum Gasteiger partial charge on any atom is -0.309 e. The predicted octanol–water partition coefficient (Wildman–Crippen LogP) is 4.27. The summed E-state index contributed by atoms with van der Waals surface area (Å²) in [5.74, 6) is 1.81. The summed E-state index contributed by atoms with van der Waals surface area (Å²) in [5, 5.41) is 3.99. The molecule has 1 unspecified atom stereocenters. The molecule has 0 aromatic heterocycles. The summed E-state index contributed by atoms with van der Waals surface area (Å²) in [7, 11) is 0. The summed E-state index contributed by atoms with van der Waals surface area (Å²) >= 11 is 7.99. The van der Waals surface area contributed by atoms with Crippen LogP contribution < -0.4 is 5.32 Å². The van der Waals surface area contributed by atoms with Crippen LogP contribution in [0.1, 0.15) is 31.9 Å². The third kappa shape index (κ3) is 4.86. The van der Waals surface area contributed by atoms with Crippen molar-refractivity contribution in [1.29, 1.82) is 0 Å². The number of hydrogen-bond donors (Lipinski definition) is 1. The first-order chi connectivity index (χ1) is 8.19. The molecule has 0 aliphatic rings. The summed E-state index contributed by atoms with van der Waals surface area (Å²) in [6.45, 7) is 5.05. The zero-order chi connectivity index (χ0) is 12.7. The predicted molar refractivity (Wildman–Crippen MR) is 75.4 cm³/mol. The second-order valence-corrected chi connectivity index (χ2v) is 5.41. The topological polar surface area (TPSA) is 12.0 Å². The smallest absolute Gasteiger partial charge is 0.123 e. The molecule has 0 saturated carbocycles. The standard InChI is InChI=1S/C13H19ClFNS/c1-3-7-17-9-13(16-4-2)11-8-10(15)5-6-12(11)14/h5-6,8,13,16H,3-4,7,9H2,1-2H3. The van der Waals surface area contributed by atoms with Crippen molar-refractivity contribution in [3.8, 4) is 0 Å². The zero-order valence-corrected chi connectivity index (χ0v) is 11.9. The highest BCUT2D eigenvalue weighted by Gasteiger charge is 2.14. The highest BCUT2D eigenvalue weighted by atomic mass is 35.5. The fourth-order valence-corrected chi connectivity index (χ4v) is 2.87. The van der Waals surface area contributed by atoms with Crippen molar-refractivity contribution in [3.63, 3.8) is 0 Å². The molecule has 0 radical (unpaired) electrons. The van der Waals surface area contributed by atoms with Crippen LogP contribution in [-0.2, 0) is 0 Å². The molecule has 96 valence electrons. The van der Waals surface area contributed by atoms with E-state index in [0.29, 0.717) is 5.02 Å². The summed E-state index contributed by atoms with van der Waals surface area (Å²) in [6.07, 6.45) is 1.15. The normalized spacial score (nSPS) is 12.7. The molecule has 1 N–H and O–H groups in total. The lowest BCUT2D eigenvalue weighted by Crippen LogP contribution is -2.23. The molecule has 0 saturated heterocycles. The van der Waals surface area contributed by atoms with Gasteiger partial charge in [0.1, 0.15) is 5.82 Å². The van der Waals surface area contributed by atoms with E-state index in [1.54, 1.807) is 6.07 Å². The van der Waals surface area contributed by atoms with E-state index in [9.17, 15) is 4.39 Å². The van der Waals surface area contributed by atoms with Gasteiger partial charge in [-0.1, -0.05) is 25.4 Å². The van der Waals surface area contributed by atoms with Gasteiger partial charge in [0.05, 0.1) is 0 Å². The molecule has 0 amide bonds. The molecule has 0 aliphatic carbocycles. The quantitative estimate of drug-likeness (QED) is 0.746. The van der Waals surface area contributed by atoms with E-state index < -0.39 is 0 Å². The molecule has 1 atom stereocenters. The lowest BCUT2D eigenvalue weighted by atomic mass is 10.1. The largest absolute Gasteiger partial charge is 0.309 e. The van der Waals surface area contributed by atoms with Crippen molar-refractivity contribution in [2.45, 2.75) is 26.3 Å². The monoisotopic (exact) mass is 275 g/mol. The van der Waals surface area contributed by atoms with Crippen molar-refractivity contribution in [2.75, 3.05) is 18.1 Å². The molecule has 1 aromatic carbocycles. The van der Waals surface area contributed by atoms with Gasteiger partial charge in [-0.05, 0) is 42.5 Å². The number of benzene rings is 1. The maximum atomic E-state index is 13.2. The molecule has 0 bridgehead atoms. The van der Waals surface area contributed by atoms with Gasteiger partial charge in [-0.2, -0.15) is 11.8 Å². The van der Waals surface area contributed by atoms with Crippen LogP contribution in [0, 0.1) is 5.82 Å². The van der Waals surface area contributed by atoms with Crippen LogP contribution >= 0.6 is 23.4 Å². The summed E-state index contributed by atoms with van der Waals surface area (Å²) in [5.41, 5.74) is 0.858. The van der Waals surface area contributed by atoms with E-state index in [0.717, 1.165) is 30.0 Å². The molecular formula is C13H19ClFNS. The Morgan fingerprint density at radius 3 is 2.82 bits per heavy atom. The number of nitrogens with one attached hydrogen (secondary N) is 1. The number of halogens is 2. The first-order valence-electron chi connectivity index (χ1n) is 5.95. The molecule has 0 spiro atoms. The van der Waals surface area contributed by atoms with Crippen LogP contribution in [0.25, 0.3) is 0 Å². The van der Waals surface area contributed by atoms with Crippen molar-refractivity contribution >= 4 is 23.4 Å². The highest BCUT2D eigenvalue weighted by Crippen LogP contribution is 2.26. The average molecular weight is 276 g/mol. The van der Waals surface area contributed by atoms with Crippen LogP contribution in [0.2, 0.25) is 5.02 Å². The molecule has 1 rings (SSSR count). The Balaban J connectivity index is 2.77. The van der Waals surface area contributed by atoms with Gasteiger partial charge in [0.15, 0.2) is 0 Å². The first kappa shape index (κ1) is 14.8.